The number of carbonyl (C=O) groups is 1. The van der Waals surface area contributed by atoms with E-state index in [9.17, 15) is 18.0 Å². The molecule has 0 radical (unpaired) electrons. The van der Waals surface area contributed by atoms with Crippen LogP contribution in [0.2, 0.25) is 0 Å². The summed E-state index contributed by atoms with van der Waals surface area (Å²) in [5.41, 5.74) is -0.773. The lowest BCUT2D eigenvalue weighted by Crippen LogP contribution is -2.07. The highest BCUT2D eigenvalue weighted by atomic mass is 19.2. The Hall–Kier alpha value is -2.57. The first-order valence-electron chi connectivity index (χ1n) is 5.09. The van der Waals surface area contributed by atoms with Crippen LogP contribution in [-0.4, -0.2) is 16.1 Å². The van der Waals surface area contributed by atoms with Crippen LogP contribution in [0.15, 0.2) is 30.5 Å². The number of hydrogen-bond acceptors (Lipinski definition) is 3. The third kappa shape index (κ3) is 2.65. The lowest BCUT2D eigenvalue weighted by Gasteiger charge is -2.09. The Morgan fingerprint density at radius 3 is 2.68 bits per heavy atom. The van der Waals surface area contributed by atoms with Gasteiger partial charge in [0.2, 0.25) is 0 Å². The molecular formula is C12H7F3N2O2. The van der Waals surface area contributed by atoms with Gasteiger partial charge in [-0.05, 0) is 18.2 Å². The molecule has 0 bridgehead atoms. The molecule has 7 heteroatoms. The molecule has 0 aliphatic carbocycles. The first-order valence-corrected chi connectivity index (χ1v) is 5.09. The van der Waals surface area contributed by atoms with Gasteiger partial charge in [0, 0.05) is 0 Å². The second kappa shape index (κ2) is 4.97. The fourth-order valence-corrected chi connectivity index (χ4v) is 1.43. The zero-order valence-electron chi connectivity index (χ0n) is 9.32. The molecule has 1 aromatic carbocycles. The Kier molecular flexibility index (Phi) is 3.37. The van der Waals surface area contributed by atoms with E-state index in [1.807, 2.05) is 0 Å². The number of aromatic carboxylic acids is 1. The minimum atomic E-state index is -1.44. The molecule has 1 heterocycles. The number of hydrogen-bond donors (Lipinski definition) is 2. The number of anilines is 2. The third-order valence-electron chi connectivity index (χ3n) is 2.29. The van der Waals surface area contributed by atoms with Gasteiger partial charge in [0.1, 0.15) is 17.2 Å². The molecule has 1 aromatic heterocycles. The van der Waals surface area contributed by atoms with E-state index in [0.29, 0.717) is 0 Å². The maximum Gasteiger partial charge on any atom is 0.339 e. The number of nitrogens with one attached hydrogen (secondary N) is 1. The summed E-state index contributed by atoms with van der Waals surface area (Å²) in [6, 6.07) is 4.09. The van der Waals surface area contributed by atoms with Crippen molar-refractivity contribution in [3.05, 3.63) is 53.5 Å². The molecule has 0 aliphatic heterocycles. The molecule has 19 heavy (non-hydrogen) atoms. The topological polar surface area (TPSA) is 62.2 Å². The van der Waals surface area contributed by atoms with E-state index in [1.54, 1.807) is 0 Å². The second-order valence-corrected chi connectivity index (χ2v) is 3.58. The summed E-state index contributed by atoms with van der Waals surface area (Å²) in [5, 5.41) is 11.2. The molecule has 98 valence electrons. The van der Waals surface area contributed by atoms with Crippen LogP contribution in [0.4, 0.5) is 24.7 Å². The fourth-order valence-electron chi connectivity index (χ4n) is 1.43. The quantitative estimate of drug-likeness (QED) is 0.898. The molecule has 0 fully saturated rings. The molecular weight excluding hydrogens is 261 g/mol. The standard InChI is InChI=1S/C12H7F3N2O2/c13-6-4-7(12(18)19)11(16-5-6)17-9-3-1-2-8(14)10(9)15/h1-5H,(H,16,17)(H,18,19). The van der Waals surface area contributed by atoms with Crippen LogP contribution in [-0.2, 0) is 0 Å². The van der Waals surface area contributed by atoms with Gasteiger partial charge in [-0.15, -0.1) is 0 Å². The molecule has 4 nitrogen and oxygen atoms in total. The Morgan fingerprint density at radius 1 is 1.26 bits per heavy atom. The largest absolute Gasteiger partial charge is 0.478 e. The number of aromatic nitrogens is 1. The predicted molar refractivity (Wildman–Crippen MR) is 60.8 cm³/mol. The molecule has 0 amide bonds. The summed E-state index contributed by atoms with van der Waals surface area (Å²) >= 11 is 0. The molecule has 0 spiro atoms. The van der Waals surface area contributed by atoms with Gasteiger partial charge >= 0.3 is 5.97 Å². The molecule has 0 saturated carbocycles. The molecule has 0 unspecified atom stereocenters. The lowest BCUT2D eigenvalue weighted by molar-refractivity contribution is 0.0697. The zero-order valence-corrected chi connectivity index (χ0v) is 9.32. The van der Waals surface area contributed by atoms with Crippen molar-refractivity contribution in [3.8, 4) is 0 Å². The summed E-state index contributed by atoms with van der Waals surface area (Å²) in [4.78, 5) is 14.4. The van der Waals surface area contributed by atoms with Gasteiger partial charge in [0.25, 0.3) is 0 Å². The summed E-state index contributed by atoms with van der Waals surface area (Å²) in [5.74, 6) is -4.83. The fraction of sp³-hybridized carbons (Fsp3) is 0. The Morgan fingerprint density at radius 2 is 2.00 bits per heavy atom. The van der Waals surface area contributed by atoms with E-state index in [1.165, 1.54) is 12.1 Å². The van der Waals surface area contributed by atoms with Crippen molar-refractivity contribution in [1.82, 2.24) is 4.98 Å². The SMILES string of the molecule is O=C(O)c1cc(F)cnc1Nc1cccc(F)c1F. The van der Waals surface area contributed by atoms with E-state index < -0.39 is 29.0 Å². The van der Waals surface area contributed by atoms with Gasteiger partial charge in [-0.3, -0.25) is 0 Å². The predicted octanol–water partition coefficient (Wildman–Crippen LogP) is 2.94. The minimum Gasteiger partial charge on any atom is -0.478 e. The normalized spacial score (nSPS) is 10.3. The van der Waals surface area contributed by atoms with Gasteiger partial charge in [-0.2, -0.15) is 0 Å². The molecule has 2 aromatic rings. The Balaban J connectivity index is 2.44. The van der Waals surface area contributed by atoms with Crippen molar-refractivity contribution in [2.24, 2.45) is 0 Å². The van der Waals surface area contributed by atoms with E-state index in [4.69, 9.17) is 5.11 Å². The first-order chi connectivity index (χ1) is 8.99. The summed E-state index contributed by atoms with van der Waals surface area (Å²) in [7, 11) is 0. The summed E-state index contributed by atoms with van der Waals surface area (Å²) in [6.07, 6.45) is 0.770. The smallest absolute Gasteiger partial charge is 0.339 e. The van der Waals surface area contributed by atoms with Crippen LogP contribution in [0.1, 0.15) is 10.4 Å². The van der Waals surface area contributed by atoms with Crippen LogP contribution in [0.3, 0.4) is 0 Å². The van der Waals surface area contributed by atoms with Gasteiger partial charge in [0.05, 0.1) is 11.9 Å². The van der Waals surface area contributed by atoms with Gasteiger partial charge in [-0.1, -0.05) is 6.07 Å². The van der Waals surface area contributed by atoms with Crippen molar-refractivity contribution < 1.29 is 23.1 Å². The van der Waals surface area contributed by atoms with E-state index in [0.717, 1.165) is 18.3 Å². The maximum atomic E-state index is 13.4. The van der Waals surface area contributed by atoms with Crippen LogP contribution < -0.4 is 5.32 Å². The molecule has 0 saturated heterocycles. The average Bonchev–Trinajstić information content (AvgIpc) is 2.36. The van der Waals surface area contributed by atoms with Crippen molar-refractivity contribution in [1.29, 1.82) is 0 Å². The van der Waals surface area contributed by atoms with E-state index in [-0.39, 0.29) is 11.5 Å². The number of rotatable bonds is 3. The minimum absolute atomic E-state index is 0.279. The third-order valence-corrected chi connectivity index (χ3v) is 2.29. The van der Waals surface area contributed by atoms with Gasteiger partial charge < -0.3 is 10.4 Å². The van der Waals surface area contributed by atoms with Crippen LogP contribution in [0, 0.1) is 17.5 Å². The van der Waals surface area contributed by atoms with Crippen LogP contribution >= 0.6 is 0 Å². The molecule has 0 atom stereocenters. The van der Waals surface area contributed by atoms with Crippen molar-refractivity contribution in [2.75, 3.05) is 5.32 Å². The number of nitrogens with zero attached hydrogens (tertiary/aromatic N) is 1. The number of benzene rings is 1. The lowest BCUT2D eigenvalue weighted by atomic mass is 10.2. The highest BCUT2D eigenvalue weighted by Crippen LogP contribution is 2.23. The summed E-state index contributed by atoms with van der Waals surface area (Å²) < 4.78 is 39.3. The molecule has 2 N–H and O–H groups in total. The number of carboxylic acids is 1. The van der Waals surface area contributed by atoms with Crippen LogP contribution in [0.5, 0.6) is 0 Å². The maximum absolute atomic E-state index is 13.4. The average molecular weight is 268 g/mol. The number of pyridine rings is 1. The van der Waals surface area contributed by atoms with Gasteiger partial charge in [-0.25, -0.2) is 22.9 Å². The van der Waals surface area contributed by atoms with Crippen LogP contribution in [0.25, 0.3) is 0 Å². The monoisotopic (exact) mass is 268 g/mol. The van der Waals surface area contributed by atoms with Crippen molar-refractivity contribution in [2.45, 2.75) is 0 Å². The Labute approximate surface area is 105 Å². The highest BCUT2D eigenvalue weighted by Gasteiger charge is 2.15. The summed E-state index contributed by atoms with van der Waals surface area (Å²) in [6.45, 7) is 0. The van der Waals surface area contributed by atoms with Gasteiger partial charge in [0.15, 0.2) is 11.6 Å². The van der Waals surface area contributed by atoms with Crippen molar-refractivity contribution >= 4 is 17.5 Å². The first kappa shape index (κ1) is 12.9. The van der Waals surface area contributed by atoms with E-state index in [2.05, 4.69) is 10.3 Å². The highest BCUT2D eigenvalue weighted by molar-refractivity contribution is 5.93. The molecule has 2 rings (SSSR count). The number of carboxylic acid groups (broad SMARTS) is 1. The van der Waals surface area contributed by atoms with Crippen molar-refractivity contribution in [3.63, 3.8) is 0 Å². The molecule has 0 aliphatic rings. The van der Waals surface area contributed by atoms with E-state index >= 15 is 0 Å². The second-order valence-electron chi connectivity index (χ2n) is 3.58. The Bertz CT molecular complexity index is 647. The zero-order chi connectivity index (χ0) is 14.0. The number of halogens is 3.